The molecule has 0 saturated carbocycles. The molecule has 3 aromatic rings. The molecule has 1 heteroatoms. The van der Waals surface area contributed by atoms with Gasteiger partial charge in [0.25, 0.3) is 0 Å². The molecule has 0 aliphatic rings. The molecule has 0 atom stereocenters. The molecule has 0 spiro atoms. The summed E-state index contributed by atoms with van der Waals surface area (Å²) < 4.78 is 0. The molecule has 0 aliphatic heterocycles. The van der Waals surface area contributed by atoms with E-state index < -0.39 is 0 Å². The Balaban J connectivity index is 2.27. The number of rotatable bonds is 2. The van der Waals surface area contributed by atoms with Crippen LogP contribution in [0.5, 0.6) is 0 Å². The smallest absolute Gasteiger partial charge is 0.194 e. The number of aryl methyl sites for hydroxylation is 2. The van der Waals surface area contributed by atoms with Gasteiger partial charge in [-0.05, 0) is 35.7 Å². The second-order valence-electron chi connectivity index (χ2n) is 5.12. The first-order valence-electron chi connectivity index (χ1n) is 6.77. The van der Waals surface area contributed by atoms with Crippen molar-refractivity contribution in [1.82, 2.24) is 0 Å². The lowest BCUT2D eigenvalue weighted by atomic mass is 9.92. The lowest BCUT2D eigenvalue weighted by molar-refractivity contribution is 0.103. The molecular formula is C19H16O. The van der Waals surface area contributed by atoms with Crippen LogP contribution in [0.4, 0.5) is 0 Å². The average molecular weight is 260 g/mol. The first kappa shape index (κ1) is 12.6. The molecule has 98 valence electrons. The SMILES string of the molecule is Cc1ccccc1C(=O)c1c(C)ccc2ccccc12. The van der Waals surface area contributed by atoms with E-state index in [2.05, 4.69) is 6.07 Å². The van der Waals surface area contributed by atoms with Crippen molar-refractivity contribution >= 4 is 16.6 Å². The summed E-state index contributed by atoms with van der Waals surface area (Å²) in [6.07, 6.45) is 0. The lowest BCUT2D eigenvalue weighted by Gasteiger charge is -2.11. The molecule has 0 unspecified atom stereocenters. The highest BCUT2D eigenvalue weighted by Crippen LogP contribution is 2.25. The predicted molar refractivity (Wildman–Crippen MR) is 83.3 cm³/mol. The third kappa shape index (κ3) is 2.01. The maximum absolute atomic E-state index is 12.9. The number of fused-ring (bicyclic) bond motifs is 1. The molecule has 0 aromatic heterocycles. The monoisotopic (exact) mass is 260 g/mol. The number of benzene rings is 3. The second-order valence-corrected chi connectivity index (χ2v) is 5.12. The molecule has 0 heterocycles. The predicted octanol–water partition coefficient (Wildman–Crippen LogP) is 4.69. The van der Waals surface area contributed by atoms with Crippen LogP contribution in [0.25, 0.3) is 10.8 Å². The molecule has 20 heavy (non-hydrogen) atoms. The van der Waals surface area contributed by atoms with Gasteiger partial charge in [-0.2, -0.15) is 0 Å². The van der Waals surface area contributed by atoms with Crippen LogP contribution in [0.2, 0.25) is 0 Å². The fraction of sp³-hybridized carbons (Fsp3) is 0.105. The van der Waals surface area contributed by atoms with E-state index in [1.165, 1.54) is 0 Å². The Kier molecular flexibility index (Phi) is 3.11. The summed E-state index contributed by atoms with van der Waals surface area (Å²) in [6.45, 7) is 3.98. The van der Waals surface area contributed by atoms with Crippen molar-refractivity contribution in [3.63, 3.8) is 0 Å². The Labute approximate surface area is 118 Å². The molecule has 3 aromatic carbocycles. The quantitative estimate of drug-likeness (QED) is 0.611. The van der Waals surface area contributed by atoms with Gasteiger partial charge in [0.2, 0.25) is 0 Å². The van der Waals surface area contributed by atoms with Gasteiger partial charge in [0, 0.05) is 11.1 Å². The normalized spacial score (nSPS) is 10.7. The third-order valence-corrected chi connectivity index (χ3v) is 3.75. The molecule has 0 fully saturated rings. The van der Waals surface area contributed by atoms with E-state index >= 15 is 0 Å². The van der Waals surface area contributed by atoms with Gasteiger partial charge in [-0.3, -0.25) is 4.79 Å². The highest BCUT2D eigenvalue weighted by molar-refractivity contribution is 6.17. The average Bonchev–Trinajstić information content (AvgIpc) is 2.47. The Bertz CT molecular complexity index is 800. The van der Waals surface area contributed by atoms with E-state index in [1.54, 1.807) is 0 Å². The number of carbonyl (C=O) groups is 1. The highest BCUT2D eigenvalue weighted by atomic mass is 16.1. The van der Waals surface area contributed by atoms with Gasteiger partial charge in [0.05, 0.1) is 0 Å². The zero-order valence-electron chi connectivity index (χ0n) is 11.7. The van der Waals surface area contributed by atoms with E-state index in [-0.39, 0.29) is 5.78 Å². The van der Waals surface area contributed by atoms with Crippen molar-refractivity contribution in [3.05, 3.63) is 82.9 Å². The minimum absolute atomic E-state index is 0.109. The van der Waals surface area contributed by atoms with Crippen LogP contribution in [0, 0.1) is 13.8 Å². The van der Waals surface area contributed by atoms with Crippen LogP contribution < -0.4 is 0 Å². The largest absolute Gasteiger partial charge is 0.289 e. The van der Waals surface area contributed by atoms with Gasteiger partial charge in [-0.25, -0.2) is 0 Å². The van der Waals surface area contributed by atoms with Crippen molar-refractivity contribution in [1.29, 1.82) is 0 Å². The fourth-order valence-corrected chi connectivity index (χ4v) is 2.64. The van der Waals surface area contributed by atoms with E-state index in [1.807, 2.05) is 68.4 Å². The fourth-order valence-electron chi connectivity index (χ4n) is 2.64. The summed E-state index contributed by atoms with van der Waals surface area (Å²) in [5.74, 6) is 0.109. The van der Waals surface area contributed by atoms with Gasteiger partial charge in [-0.1, -0.05) is 60.7 Å². The molecule has 0 N–H and O–H groups in total. The van der Waals surface area contributed by atoms with Gasteiger partial charge in [-0.15, -0.1) is 0 Å². The summed E-state index contributed by atoms with van der Waals surface area (Å²) >= 11 is 0. The molecule has 0 radical (unpaired) electrons. The summed E-state index contributed by atoms with van der Waals surface area (Å²) in [6, 6.07) is 19.9. The summed E-state index contributed by atoms with van der Waals surface area (Å²) in [4.78, 5) is 12.9. The molecule has 0 amide bonds. The molecule has 1 nitrogen and oxygen atoms in total. The van der Waals surface area contributed by atoms with E-state index in [0.717, 1.165) is 33.0 Å². The Morgan fingerprint density at radius 3 is 2.25 bits per heavy atom. The van der Waals surface area contributed by atoms with E-state index in [4.69, 9.17) is 0 Å². The van der Waals surface area contributed by atoms with Crippen molar-refractivity contribution in [2.24, 2.45) is 0 Å². The minimum atomic E-state index is 0.109. The summed E-state index contributed by atoms with van der Waals surface area (Å²) in [7, 11) is 0. The van der Waals surface area contributed by atoms with Crippen LogP contribution in [0.15, 0.2) is 60.7 Å². The van der Waals surface area contributed by atoms with E-state index in [9.17, 15) is 4.79 Å². The Morgan fingerprint density at radius 2 is 1.45 bits per heavy atom. The first-order chi connectivity index (χ1) is 9.68. The van der Waals surface area contributed by atoms with Crippen molar-refractivity contribution < 1.29 is 4.79 Å². The molecule has 0 saturated heterocycles. The van der Waals surface area contributed by atoms with Crippen molar-refractivity contribution in [3.8, 4) is 0 Å². The maximum Gasteiger partial charge on any atom is 0.194 e. The molecule has 3 rings (SSSR count). The van der Waals surface area contributed by atoms with Crippen LogP contribution in [-0.2, 0) is 0 Å². The van der Waals surface area contributed by atoms with Crippen LogP contribution in [-0.4, -0.2) is 5.78 Å². The minimum Gasteiger partial charge on any atom is -0.289 e. The number of hydrogen-bond acceptors (Lipinski definition) is 1. The topological polar surface area (TPSA) is 17.1 Å². The zero-order valence-corrected chi connectivity index (χ0v) is 11.7. The summed E-state index contributed by atoms with van der Waals surface area (Å²) in [5.41, 5.74) is 3.64. The van der Waals surface area contributed by atoms with E-state index in [0.29, 0.717) is 0 Å². The van der Waals surface area contributed by atoms with Gasteiger partial charge >= 0.3 is 0 Å². The van der Waals surface area contributed by atoms with Gasteiger partial charge in [0.15, 0.2) is 5.78 Å². The number of hydrogen-bond donors (Lipinski definition) is 0. The van der Waals surface area contributed by atoms with Gasteiger partial charge < -0.3 is 0 Å². The third-order valence-electron chi connectivity index (χ3n) is 3.75. The number of carbonyl (C=O) groups excluding carboxylic acids is 1. The van der Waals surface area contributed by atoms with Crippen LogP contribution in [0.1, 0.15) is 27.0 Å². The van der Waals surface area contributed by atoms with Crippen LogP contribution >= 0.6 is 0 Å². The lowest BCUT2D eigenvalue weighted by Crippen LogP contribution is -2.06. The standard InChI is InChI=1S/C19H16O/c1-13-7-3-5-9-16(13)19(20)18-14(2)11-12-15-8-4-6-10-17(15)18/h3-12H,1-2H3. The second kappa shape index (κ2) is 4.93. The first-order valence-corrected chi connectivity index (χ1v) is 6.77. The zero-order chi connectivity index (χ0) is 14.1. The molecule has 0 bridgehead atoms. The molecular weight excluding hydrogens is 244 g/mol. The highest BCUT2D eigenvalue weighted by Gasteiger charge is 2.16. The number of ketones is 1. The maximum atomic E-state index is 12.9. The molecule has 0 aliphatic carbocycles. The Hall–Kier alpha value is -2.41. The van der Waals surface area contributed by atoms with Crippen molar-refractivity contribution in [2.75, 3.05) is 0 Å². The summed E-state index contributed by atoms with van der Waals surface area (Å²) in [5, 5.41) is 2.13. The van der Waals surface area contributed by atoms with Crippen molar-refractivity contribution in [2.45, 2.75) is 13.8 Å². The van der Waals surface area contributed by atoms with Crippen LogP contribution in [0.3, 0.4) is 0 Å². The Morgan fingerprint density at radius 1 is 0.750 bits per heavy atom. The van der Waals surface area contributed by atoms with Gasteiger partial charge in [0.1, 0.15) is 0 Å².